The summed E-state index contributed by atoms with van der Waals surface area (Å²) >= 11 is 0. The fraction of sp³-hybridized carbons (Fsp3) is 0.950. The largest absolute Gasteiger partial charge is 0.465 e. The van der Waals surface area contributed by atoms with Crippen LogP contribution in [0.4, 0.5) is 0 Å². The van der Waals surface area contributed by atoms with E-state index in [0.29, 0.717) is 18.9 Å². The minimum absolute atomic E-state index is 0.0427. The quantitative estimate of drug-likeness (QED) is 0.235. The average Bonchev–Trinajstić information content (AvgIpc) is 2.54. The first-order chi connectivity index (χ1) is 10.7. The maximum absolute atomic E-state index is 11.4. The summed E-state index contributed by atoms with van der Waals surface area (Å²) in [4.78, 5) is 11.4. The third-order valence-corrected chi connectivity index (χ3v) is 4.45. The van der Waals surface area contributed by atoms with Gasteiger partial charge in [0.25, 0.3) is 0 Å². The van der Waals surface area contributed by atoms with Gasteiger partial charge in [-0.1, -0.05) is 91.4 Å². The van der Waals surface area contributed by atoms with E-state index < -0.39 is 0 Å². The van der Waals surface area contributed by atoms with Crippen LogP contribution in [-0.2, 0) is 9.53 Å². The zero-order valence-electron chi connectivity index (χ0n) is 15.5. The molecule has 1 unspecified atom stereocenters. The van der Waals surface area contributed by atoms with Crippen LogP contribution >= 0.6 is 0 Å². The lowest BCUT2D eigenvalue weighted by molar-refractivity contribution is -0.144. The van der Waals surface area contributed by atoms with Crippen molar-refractivity contribution >= 4 is 5.97 Å². The number of unbranched alkanes of at least 4 members (excludes halogenated alkanes) is 9. The van der Waals surface area contributed by atoms with Crippen molar-refractivity contribution < 1.29 is 9.53 Å². The summed E-state index contributed by atoms with van der Waals surface area (Å²) in [6.07, 6.45) is 17.7. The molecule has 0 radical (unpaired) electrons. The topological polar surface area (TPSA) is 26.3 Å². The third-order valence-electron chi connectivity index (χ3n) is 4.45. The number of hydrogen-bond donors (Lipinski definition) is 0. The molecule has 0 saturated heterocycles. The molecule has 0 N–H and O–H groups in total. The van der Waals surface area contributed by atoms with Gasteiger partial charge < -0.3 is 4.74 Å². The highest BCUT2D eigenvalue weighted by molar-refractivity contribution is 5.68. The van der Waals surface area contributed by atoms with Crippen LogP contribution in [0.25, 0.3) is 0 Å². The van der Waals surface area contributed by atoms with Crippen LogP contribution in [0.1, 0.15) is 111 Å². The van der Waals surface area contributed by atoms with Crippen molar-refractivity contribution in [2.45, 2.75) is 111 Å². The molecule has 0 fully saturated rings. The van der Waals surface area contributed by atoms with Crippen molar-refractivity contribution in [1.29, 1.82) is 0 Å². The standard InChI is InChI=1S/C20H40O2/c1-4-7-9-11-13-15-17-19(18-22-20(21)6-3)16-14-12-10-8-5-2/h19H,4-18H2,1-3H3. The van der Waals surface area contributed by atoms with Crippen LogP contribution in [0.2, 0.25) is 0 Å². The van der Waals surface area contributed by atoms with Gasteiger partial charge in [0.2, 0.25) is 0 Å². The number of ether oxygens (including phenoxy) is 1. The van der Waals surface area contributed by atoms with Crippen molar-refractivity contribution in [3.8, 4) is 0 Å². The predicted octanol–water partition coefficient (Wildman–Crippen LogP) is 6.67. The lowest BCUT2D eigenvalue weighted by Crippen LogP contribution is -2.14. The van der Waals surface area contributed by atoms with Gasteiger partial charge in [-0.25, -0.2) is 0 Å². The number of esters is 1. The molecule has 0 aromatic rings. The molecule has 0 aromatic carbocycles. The summed E-state index contributed by atoms with van der Waals surface area (Å²) in [7, 11) is 0. The number of carbonyl (C=O) groups is 1. The summed E-state index contributed by atoms with van der Waals surface area (Å²) in [5, 5.41) is 0. The Hall–Kier alpha value is -0.530. The molecular weight excluding hydrogens is 272 g/mol. The highest BCUT2D eigenvalue weighted by Gasteiger charge is 2.11. The fourth-order valence-corrected chi connectivity index (χ4v) is 2.87. The molecule has 0 aromatic heterocycles. The van der Waals surface area contributed by atoms with E-state index in [4.69, 9.17) is 4.74 Å². The van der Waals surface area contributed by atoms with Crippen molar-refractivity contribution in [2.24, 2.45) is 5.92 Å². The summed E-state index contributed by atoms with van der Waals surface area (Å²) < 4.78 is 5.39. The van der Waals surface area contributed by atoms with E-state index in [2.05, 4.69) is 13.8 Å². The SMILES string of the molecule is CCCCCCCCC(CCCCCCC)COC(=O)CC. The van der Waals surface area contributed by atoms with Gasteiger partial charge in [-0.2, -0.15) is 0 Å². The van der Waals surface area contributed by atoms with Gasteiger partial charge in [-0.05, 0) is 18.8 Å². The number of hydrogen-bond acceptors (Lipinski definition) is 2. The molecule has 132 valence electrons. The molecule has 0 spiro atoms. The minimum Gasteiger partial charge on any atom is -0.465 e. The molecule has 2 heteroatoms. The fourth-order valence-electron chi connectivity index (χ4n) is 2.87. The Labute approximate surface area is 139 Å². The van der Waals surface area contributed by atoms with Gasteiger partial charge in [0.05, 0.1) is 6.61 Å². The first kappa shape index (κ1) is 21.5. The second-order valence-electron chi connectivity index (χ2n) is 6.66. The summed E-state index contributed by atoms with van der Waals surface area (Å²) in [5.41, 5.74) is 0. The molecule has 0 aliphatic carbocycles. The molecule has 0 amide bonds. The molecular formula is C20H40O2. The Bertz CT molecular complexity index is 238. The van der Waals surface area contributed by atoms with Crippen molar-refractivity contribution in [3.63, 3.8) is 0 Å². The van der Waals surface area contributed by atoms with Crippen LogP contribution in [0.3, 0.4) is 0 Å². The Morgan fingerprint density at radius 3 is 1.64 bits per heavy atom. The predicted molar refractivity (Wildman–Crippen MR) is 96.1 cm³/mol. The smallest absolute Gasteiger partial charge is 0.305 e. The summed E-state index contributed by atoms with van der Waals surface area (Å²) in [6, 6.07) is 0. The van der Waals surface area contributed by atoms with E-state index in [1.165, 1.54) is 83.5 Å². The van der Waals surface area contributed by atoms with E-state index >= 15 is 0 Å². The minimum atomic E-state index is -0.0427. The van der Waals surface area contributed by atoms with Gasteiger partial charge in [0.15, 0.2) is 0 Å². The molecule has 0 aliphatic heterocycles. The van der Waals surface area contributed by atoms with Crippen LogP contribution in [0.15, 0.2) is 0 Å². The molecule has 0 saturated carbocycles. The molecule has 0 bridgehead atoms. The van der Waals surface area contributed by atoms with Crippen LogP contribution < -0.4 is 0 Å². The van der Waals surface area contributed by atoms with Crippen LogP contribution in [0, 0.1) is 5.92 Å². The van der Waals surface area contributed by atoms with E-state index in [1.54, 1.807) is 0 Å². The molecule has 0 heterocycles. The number of rotatable bonds is 16. The second-order valence-corrected chi connectivity index (χ2v) is 6.66. The van der Waals surface area contributed by atoms with Gasteiger partial charge in [0.1, 0.15) is 0 Å². The van der Waals surface area contributed by atoms with Crippen molar-refractivity contribution in [2.75, 3.05) is 6.61 Å². The first-order valence-corrected chi connectivity index (χ1v) is 9.90. The highest BCUT2D eigenvalue weighted by Crippen LogP contribution is 2.19. The zero-order chi connectivity index (χ0) is 16.5. The maximum Gasteiger partial charge on any atom is 0.305 e. The molecule has 2 nitrogen and oxygen atoms in total. The maximum atomic E-state index is 11.4. The van der Waals surface area contributed by atoms with Gasteiger partial charge >= 0.3 is 5.97 Å². The van der Waals surface area contributed by atoms with E-state index in [0.717, 1.165) is 0 Å². The van der Waals surface area contributed by atoms with Crippen molar-refractivity contribution in [1.82, 2.24) is 0 Å². The third kappa shape index (κ3) is 14.4. The lowest BCUT2D eigenvalue weighted by Gasteiger charge is -2.17. The van der Waals surface area contributed by atoms with E-state index in [-0.39, 0.29) is 5.97 Å². The molecule has 22 heavy (non-hydrogen) atoms. The summed E-state index contributed by atoms with van der Waals surface area (Å²) in [5.74, 6) is 0.544. The second kappa shape index (κ2) is 16.8. The summed E-state index contributed by atoms with van der Waals surface area (Å²) in [6.45, 7) is 7.04. The van der Waals surface area contributed by atoms with Crippen LogP contribution in [0.5, 0.6) is 0 Å². The molecule has 1 atom stereocenters. The van der Waals surface area contributed by atoms with Gasteiger partial charge in [-0.15, -0.1) is 0 Å². The Balaban J connectivity index is 3.81. The Kier molecular flexibility index (Phi) is 16.4. The van der Waals surface area contributed by atoms with Gasteiger partial charge in [0, 0.05) is 6.42 Å². The average molecular weight is 313 g/mol. The number of carbonyl (C=O) groups excluding carboxylic acids is 1. The molecule has 0 rings (SSSR count). The Morgan fingerprint density at radius 1 is 0.727 bits per heavy atom. The lowest BCUT2D eigenvalue weighted by atomic mass is 9.95. The Morgan fingerprint density at radius 2 is 1.18 bits per heavy atom. The van der Waals surface area contributed by atoms with Crippen LogP contribution in [-0.4, -0.2) is 12.6 Å². The molecule has 0 aliphatic rings. The first-order valence-electron chi connectivity index (χ1n) is 9.90. The van der Waals surface area contributed by atoms with E-state index in [1.807, 2.05) is 6.92 Å². The monoisotopic (exact) mass is 312 g/mol. The normalized spacial score (nSPS) is 12.3. The van der Waals surface area contributed by atoms with Crippen molar-refractivity contribution in [3.05, 3.63) is 0 Å². The zero-order valence-corrected chi connectivity index (χ0v) is 15.5. The highest BCUT2D eigenvalue weighted by atomic mass is 16.5. The van der Waals surface area contributed by atoms with E-state index in [9.17, 15) is 4.79 Å². The van der Waals surface area contributed by atoms with Gasteiger partial charge in [-0.3, -0.25) is 4.79 Å².